The molecule has 0 aliphatic carbocycles. The van der Waals surface area contributed by atoms with Crippen molar-refractivity contribution in [2.75, 3.05) is 5.73 Å². The maximum atomic E-state index is 5.87. The minimum absolute atomic E-state index is 0.334. The molecule has 0 spiro atoms. The van der Waals surface area contributed by atoms with E-state index in [1.165, 1.54) is 0 Å². The van der Waals surface area contributed by atoms with Gasteiger partial charge in [0, 0.05) is 11.6 Å². The van der Waals surface area contributed by atoms with E-state index >= 15 is 0 Å². The van der Waals surface area contributed by atoms with Crippen LogP contribution in [-0.2, 0) is 6.42 Å². The number of anilines is 1. The zero-order valence-electron chi connectivity index (χ0n) is 10.2. The highest BCUT2D eigenvalue weighted by atomic mass is 16.5. The van der Waals surface area contributed by atoms with E-state index in [9.17, 15) is 0 Å². The first kappa shape index (κ1) is 11.6. The van der Waals surface area contributed by atoms with Gasteiger partial charge in [-0.15, -0.1) is 0 Å². The van der Waals surface area contributed by atoms with Gasteiger partial charge in [-0.25, -0.2) is 0 Å². The van der Waals surface area contributed by atoms with Crippen LogP contribution in [0, 0.1) is 0 Å². The van der Waals surface area contributed by atoms with Crippen molar-refractivity contribution < 1.29 is 4.52 Å². The van der Waals surface area contributed by atoms with Gasteiger partial charge in [0.2, 0.25) is 5.89 Å². The van der Waals surface area contributed by atoms with Gasteiger partial charge >= 0.3 is 0 Å². The quantitative estimate of drug-likeness (QED) is 0.822. The summed E-state index contributed by atoms with van der Waals surface area (Å²) in [5.41, 5.74) is 7.65. The summed E-state index contributed by atoms with van der Waals surface area (Å²) in [5.74, 6) is 1.73. The van der Waals surface area contributed by atoms with Gasteiger partial charge < -0.3 is 10.3 Å². The van der Waals surface area contributed by atoms with Crippen LogP contribution in [0.5, 0.6) is 0 Å². The van der Waals surface area contributed by atoms with Crippen LogP contribution in [0.15, 0.2) is 28.8 Å². The minimum Gasteiger partial charge on any atom is -0.398 e. The number of hydrogen-bond donors (Lipinski definition) is 1. The molecular formula is C13H17N3O. The molecule has 0 saturated carbocycles. The molecule has 0 bridgehead atoms. The topological polar surface area (TPSA) is 64.9 Å². The number of nitrogens with zero attached hydrogens (tertiary/aromatic N) is 2. The second-order valence-corrected chi connectivity index (χ2v) is 4.23. The van der Waals surface area contributed by atoms with Crippen LogP contribution in [0.4, 0.5) is 5.69 Å². The van der Waals surface area contributed by atoms with E-state index in [1.807, 2.05) is 24.3 Å². The lowest BCUT2D eigenvalue weighted by molar-refractivity contribution is 0.376. The molecule has 0 saturated heterocycles. The fourth-order valence-electron chi connectivity index (χ4n) is 1.58. The molecule has 1 unspecified atom stereocenters. The summed E-state index contributed by atoms with van der Waals surface area (Å²) in [6.07, 6.45) is 1.60. The Morgan fingerprint density at radius 1 is 1.35 bits per heavy atom. The first-order chi connectivity index (χ1) is 8.20. The summed E-state index contributed by atoms with van der Waals surface area (Å²) in [5, 5.41) is 3.99. The van der Waals surface area contributed by atoms with Gasteiger partial charge in [-0.3, -0.25) is 0 Å². The Morgan fingerprint density at radius 3 is 2.82 bits per heavy atom. The third kappa shape index (κ3) is 2.64. The van der Waals surface area contributed by atoms with Crippen molar-refractivity contribution in [2.45, 2.75) is 32.6 Å². The van der Waals surface area contributed by atoms with Crippen LogP contribution in [-0.4, -0.2) is 10.1 Å². The van der Waals surface area contributed by atoms with E-state index in [2.05, 4.69) is 24.0 Å². The maximum Gasteiger partial charge on any atom is 0.231 e. The molecule has 1 aromatic carbocycles. The Balaban J connectivity index is 2.14. The average Bonchev–Trinajstić information content (AvgIpc) is 2.80. The monoisotopic (exact) mass is 231 g/mol. The van der Waals surface area contributed by atoms with Gasteiger partial charge in [-0.2, -0.15) is 4.98 Å². The highest BCUT2D eigenvalue weighted by Crippen LogP contribution is 2.18. The van der Waals surface area contributed by atoms with Gasteiger partial charge in [-0.1, -0.05) is 37.2 Å². The fourth-order valence-corrected chi connectivity index (χ4v) is 1.58. The first-order valence-electron chi connectivity index (χ1n) is 5.86. The molecule has 2 rings (SSSR count). The molecule has 0 aliphatic rings. The van der Waals surface area contributed by atoms with Gasteiger partial charge in [0.25, 0.3) is 0 Å². The molecule has 1 atom stereocenters. The number of aromatic nitrogens is 2. The lowest BCUT2D eigenvalue weighted by atomic mass is 10.1. The fraction of sp³-hybridized carbons (Fsp3) is 0.385. The van der Waals surface area contributed by atoms with Crippen LogP contribution < -0.4 is 5.73 Å². The highest BCUT2D eigenvalue weighted by Gasteiger charge is 2.12. The van der Waals surface area contributed by atoms with Crippen molar-refractivity contribution >= 4 is 5.69 Å². The van der Waals surface area contributed by atoms with Crippen molar-refractivity contribution in [3.05, 3.63) is 41.5 Å². The van der Waals surface area contributed by atoms with Crippen molar-refractivity contribution in [1.29, 1.82) is 0 Å². The SMILES string of the molecule is CCC(C)c1noc(Cc2ccccc2N)n1. The van der Waals surface area contributed by atoms with Crippen LogP contribution >= 0.6 is 0 Å². The zero-order valence-corrected chi connectivity index (χ0v) is 10.2. The summed E-state index contributed by atoms with van der Waals surface area (Å²) in [6, 6.07) is 7.72. The summed E-state index contributed by atoms with van der Waals surface area (Å²) in [7, 11) is 0. The van der Waals surface area contributed by atoms with E-state index in [4.69, 9.17) is 10.3 Å². The Kier molecular flexibility index (Phi) is 3.42. The molecule has 90 valence electrons. The Morgan fingerprint density at radius 2 is 2.12 bits per heavy atom. The second kappa shape index (κ2) is 4.99. The predicted octanol–water partition coefficient (Wildman–Crippen LogP) is 2.76. The van der Waals surface area contributed by atoms with Crippen LogP contribution in [0.2, 0.25) is 0 Å². The lowest BCUT2D eigenvalue weighted by Crippen LogP contribution is -1.97. The molecule has 0 radical (unpaired) electrons. The third-order valence-corrected chi connectivity index (χ3v) is 2.93. The summed E-state index contributed by atoms with van der Waals surface area (Å²) in [6.45, 7) is 4.20. The Bertz CT molecular complexity index is 493. The molecule has 17 heavy (non-hydrogen) atoms. The predicted molar refractivity (Wildman–Crippen MR) is 66.7 cm³/mol. The standard InChI is InChI=1S/C13H17N3O/c1-3-9(2)13-15-12(17-16-13)8-10-6-4-5-7-11(10)14/h4-7,9H,3,8,14H2,1-2H3. The number of benzene rings is 1. The number of nitrogens with two attached hydrogens (primary N) is 1. The Hall–Kier alpha value is -1.84. The van der Waals surface area contributed by atoms with Gasteiger partial charge in [0.05, 0.1) is 6.42 Å². The number of para-hydroxylation sites is 1. The largest absolute Gasteiger partial charge is 0.398 e. The maximum absolute atomic E-state index is 5.87. The van der Waals surface area contributed by atoms with Crippen LogP contribution in [0.25, 0.3) is 0 Å². The van der Waals surface area contributed by atoms with E-state index < -0.39 is 0 Å². The van der Waals surface area contributed by atoms with Crippen LogP contribution in [0.3, 0.4) is 0 Å². The van der Waals surface area contributed by atoms with E-state index in [-0.39, 0.29) is 0 Å². The van der Waals surface area contributed by atoms with E-state index in [0.29, 0.717) is 18.2 Å². The second-order valence-electron chi connectivity index (χ2n) is 4.23. The summed E-state index contributed by atoms with van der Waals surface area (Å²) >= 11 is 0. The number of nitrogen functional groups attached to an aromatic ring is 1. The van der Waals surface area contributed by atoms with Gasteiger partial charge in [0.1, 0.15) is 0 Å². The molecule has 4 nitrogen and oxygen atoms in total. The summed E-state index contributed by atoms with van der Waals surface area (Å²) < 4.78 is 5.23. The number of hydrogen-bond acceptors (Lipinski definition) is 4. The van der Waals surface area contributed by atoms with Crippen LogP contribution in [0.1, 0.15) is 43.5 Å². The van der Waals surface area contributed by atoms with Crippen molar-refractivity contribution in [2.24, 2.45) is 0 Å². The third-order valence-electron chi connectivity index (χ3n) is 2.93. The lowest BCUT2D eigenvalue weighted by Gasteiger charge is -2.01. The molecule has 0 amide bonds. The minimum atomic E-state index is 0.334. The average molecular weight is 231 g/mol. The van der Waals surface area contributed by atoms with Gasteiger partial charge in [0.15, 0.2) is 5.82 Å². The first-order valence-corrected chi connectivity index (χ1v) is 5.86. The molecule has 2 aromatic rings. The molecule has 1 heterocycles. The van der Waals surface area contributed by atoms with Gasteiger partial charge in [-0.05, 0) is 18.1 Å². The smallest absolute Gasteiger partial charge is 0.231 e. The molecule has 4 heteroatoms. The summed E-state index contributed by atoms with van der Waals surface area (Å²) in [4.78, 5) is 4.38. The van der Waals surface area contributed by atoms with E-state index in [0.717, 1.165) is 23.5 Å². The van der Waals surface area contributed by atoms with Crippen molar-refractivity contribution in [3.63, 3.8) is 0 Å². The molecule has 2 N–H and O–H groups in total. The van der Waals surface area contributed by atoms with Crippen molar-refractivity contribution in [1.82, 2.24) is 10.1 Å². The zero-order chi connectivity index (χ0) is 12.3. The molecule has 1 aromatic heterocycles. The normalized spacial score (nSPS) is 12.6. The highest BCUT2D eigenvalue weighted by molar-refractivity contribution is 5.47. The molecule has 0 aliphatic heterocycles. The molecule has 0 fully saturated rings. The van der Waals surface area contributed by atoms with Crippen molar-refractivity contribution in [3.8, 4) is 0 Å². The number of rotatable bonds is 4. The molecular weight excluding hydrogens is 214 g/mol. The Labute approximate surface area is 101 Å². The van der Waals surface area contributed by atoms with E-state index in [1.54, 1.807) is 0 Å².